The van der Waals surface area contributed by atoms with E-state index < -0.39 is 0 Å². The van der Waals surface area contributed by atoms with Crippen molar-refractivity contribution in [3.05, 3.63) is 12.2 Å². The molecule has 1 nitrogen and oxygen atoms in total. The monoisotopic (exact) mass is 192 g/mol. The van der Waals surface area contributed by atoms with E-state index in [1.165, 1.54) is 0 Å². The van der Waals surface area contributed by atoms with E-state index in [-0.39, 0.29) is 6.10 Å². The Morgan fingerprint density at radius 1 is 1.78 bits per heavy atom. The first-order chi connectivity index (χ1) is 4.26. The van der Waals surface area contributed by atoms with Crippen LogP contribution in [0.1, 0.15) is 13.3 Å². The molecule has 2 heteroatoms. The van der Waals surface area contributed by atoms with Gasteiger partial charge in [0.15, 0.2) is 0 Å². The van der Waals surface area contributed by atoms with Gasteiger partial charge < -0.3 is 4.74 Å². The first kappa shape index (κ1) is 9.18. The molecule has 0 fully saturated rings. The van der Waals surface area contributed by atoms with Crippen molar-refractivity contribution < 1.29 is 4.74 Å². The molecule has 0 N–H and O–H groups in total. The van der Waals surface area contributed by atoms with Crippen LogP contribution in [0.2, 0.25) is 0 Å². The fourth-order valence-electron chi connectivity index (χ4n) is 0.708. The first-order valence-electron chi connectivity index (χ1n) is 3.02. The third-order valence-electron chi connectivity index (χ3n) is 1.28. The van der Waals surface area contributed by atoms with Gasteiger partial charge in [-0.3, -0.25) is 0 Å². The molecule has 0 rings (SSSR count). The minimum Gasteiger partial charge on any atom is -0.377 e. The Morgan fingerprint density at radius 2 is 2.33 bits per heavy atom. The molecule has 0 saturated carbocycles. The fraction of sp³-hybridized carbons (Fsp3) is 0.714. The van der Waals surface area contributed by atoms with Crippen molar-refractivity contribution in [3.63, 3.8) is 0 Å². The normalized spacial score (nSPS) is 13.2. The highest BCUT2D eigenvalue weighted by Crippen LogP contribution is 2.09. The van der Waals surface area contributed by atoms with E-state index in [0.717, 1.165) is 17.3 Å². The first-order valence-corrected chi connectivity index (χ1v) is 4.14. The summed E-state index contributed by atoms with van der Waals surface area (Å²) < 4.78 is 5.12. The minimum atomic E-state index is 0.226. The third-order valence-corrected chi connectivity index (χ3v) is 2.00. The third kappa shape index (κ3) is 3.01. The van der Waals surface area contributed by atoms with Crippen LogP contribution in [0.15, 0.2) is 12.2 Å². The van der Waals surface area contributed by atoms with Gasteiger partial charge in [0.2, 0.25) is 0 Å². The zero-order valence-electron chi connectivity index (χ0n) is 5.98. The summed E-state index contributed by atoms with van der Waals surface area (Å²) in [5.74, 6) is 0. The van der Waals surface area contributed by atoms with E-state index in [1.807, 2.05) is 0 Å². The Bertz CT molecular complexity index is 86.9. The molecule has 0 heterocycles. The minimum absolute atomic E-state index is 0.226. The largest absolute Gasteiger partial charge is 0.377 e. The Morgan fingerprint density at radius 3 is 2.44 bits per heavy atom. The van der Waals surface area contributed by atoms with Crippen LogP contribution in [0.3, 0.4) is 0 Å². The second-order valence-corrected chi connectivity index (χ2v) is 2.49. The van der Waals surface area contributed by atoms with Crippen LogP contribution >= 0.6 is 15.9 Å². The molecule has 9 heavy (non-hydrogen) atoms. The van der Waals surface area contributed by atoms with Crippen molar-refractivity contribution in [2.75, 3.05) is 12.4 Å². The smallest absolute Gasteiger partial charge is 0.0784 e. The number of rotatable bonds is 4. The molecule has 0 aliphatic carbocycles. The van der Waals surface area contributed by atoms with Gasteiger partial charge in [-0.15, -0.1) is 0 Å². The van der Waals surface area contributed by atoms with Crippen LogP contribution in [0.4, 0.5) is 0 Å². The lowest BCUT2D eigenvalue weighted by atomic mass is 10.1. The molecule has 0 spiro atoms. The van der Waals surface area contributed by atoms with Gasteiger partial charge in [0, 0.05) is 12.4 Å². The van der Waals surface area contributed by atoms with Gasteiger partial charge in [0.05, 0.1) is 6.10 Å². The molecule has 1 atom stereocenters. The molecule has 0 bridgehead atoms. The zero-order chi connectivity index (χ0) is 7.28. The molecule has 0 radical (unpaired) electrons. The Balaban J connectivity index is 3.64. The van der Waals surface area contributed by atoms with Gasteiger partial charge in [0.25, 0.3) is 0 Å². The summed E-state index contributed by atoms with van der Waals surface area (Å²) in [5, 5.41) is 0.833. The van der Waals surface area contributed by atoms with Crippen molar-refractivity contribution in [2.24, 2.45) is 0 Å². The number of halogens is 1. The summed E-state index contributed by atoms with van der Waals surface area (Å²) in [6, 6.07) is 0. The second-order valence-electron chi connectivity index (χ2n) is 1.92. The highest BCUT2D eigenvalue weighted by atomic mass is 79.9. The van der Waals surface area contributed by atoms with Gasteiger partial charge in [0.1, 0.15) is 0 Å². The number of methoxy groups -OCH3 is 1. The molecule has 0 amide bonds. The molecular weight excluding hydrogens is 180 g/mol. The molecule has 0 saturated heterocycles. The summed E-state index contributed by atoms with van der Waals surface area (Å²) in [4.78, 5) is 0. The van der Waals surface area contributed by atoms with Crippen molar-refractivity contribution in [1.29, 1.82) is 0 Å². The van der Waals surface area contributed by atoms with E-state index >= 15 is 0 Å². The summed E-state index contributed by atoms with van der Waals surface area (Å²) in [6.45, 7) is 5.93. The van der Waals surface area contributed by atoms with Gasteiger partial charge >= 0.3 is 0 Å². The molecule has 0 aromatic heterocycles. The van der Waals surface area contributed by atoms with Gasteiger partial charge in [-0.1, -0.05) is 29.4 Å². The Kier molecular flexibility index (Phi) is 5.10. The van der Waals surface area contributed by atoms with Gasteiger partial charge in [-0.05, 0) is 12.0 Å². The maximum atomic E-state index is 5.12. The van der Waals surface area contributed by atoms with Crippen LogP contribution in [-0.4, -0.2) is 18.5 Å². The average Bonchev–Trinajstić information content (AvgIpc) is 1.90. The van der Waals surface area contributed by atoms with E-state index in [2.05, 4.69) is 29.4 Å². The maximum Gasteiger partial charge on any atom is 0.0784 e. The lowest BCUT2D eigenvalue weighted by Crippen LogP contribution is -2.12. The Labute approximate surface area is 65.2 Å². The fourth-order valence-corrected chi connectivity index (χ4v) is 1.07. The van der Waals surface area contributed by atoms with E-state index in [0.29, 0.717) is 0 Å². The van der Waals surface area contributed by atoms with Crippen LogP contribution < -0.4 is 0 Å². The topological polar surface area (TPSA) is 9.23 Å². The van der Waals surface area contributed by atoms with E-state index in [1.54, 1.807) is 7.11 Å². The van der Waals surface area contributed by atoms with E-state index in [9.17, 15) is 0 Å². The predicted molar refractivity (Wildman–Crippen MR) is 44.0 cm³/mol. The quantitative estimate of drug-likeness (QED) is 0.492. The summed E-state index contributed by atoms with van der Waals surface area (Å²) >= 11 is 3.32. The van der Waals surface area contributed by atoms with Gasteiger partial charge in [-0.25, -0.2) is 0 Å². The molecule has 0 aliphatic rings. The molecular formula is C7H13BrO. The van der Waals surface area contributed by atoms with Crippen molar-refractivity contribution in [2.45, 2.75) is 19.4 Å². The van der Waals surface area contributed by atoms with Crippen LogP contribution in [0.5, 0.6) is 0 Å². The van der Waals surface area contributed by atoms with Crippen molar-refractivity contribution in [3.8, 4) is 0 Å². The summed E-state index contributed by atoms with van der Waals surface area (Å²) in [6.07, 6.45) is 1.23. The Hall–Kier alpha value is 0.180. The maximum absolute atomic E-state index is 5.12. The van der Waals surface area contributed by atoms with Crippen molar-refractivity contribution >= 4 is 15.9 Å². The highest BCUT2D eigenvalue weighted by molar-refractivity contribution is 9.09. The molecule has 54 valence electrons. The van der Waals surface area contributed by atoms with Gasteiger partial charge in [-0.2, -0.15) is 0 Å². The summed E-state index contributed by atoms with van der Waals surface area (Å²) in [5.41, 5.74) is 1.11. The number of alkyl halides is 1. The standard InChI is InChI=1S/C7H13BrO/c1-4-7(9-3)6(2)5-8/h7H,2,4-5H2,1,3H3. The van der Waals surface area contributed by atoms with E-state index in [4.69, 9.17) is 4.74 Å². The lowest BCUT2D eigenvalue weighted by Gasteiger charge is -2.12. The summed E-state index contributed by atoms with van der Waals surface area (Å²) in [7, 11) is 1.71. The SMILES string of the molecule is C=C(CBr)C(CC)OC. The second kappa shape index (κ2) is 5.00. The average molecular weight is 193 g/mol. The predicted octanol–water partition coefficient (Wildman–Crippen LogP) is 2.36. The number of hydrogen-bond acceptors (Lipinski definition) is 1. The molecule has 0 aromatic rings. The number of hydrogen-bond donors (Lipinski definition) is 0. The molecule has 1 unspecified atom stereocenters. The molecule has 0 aromatic carbocycles. The van der Waals surface area contributed by atoms with Crippen LogP contribution in [-0.2, 0) is 4.74 Å². The molecule has 0 aliphatic heterocycles. The highest BCUT2D eigenvalue weighted by Gasteiger charge is 2.05. The van der Waals surface area contributed by atoms with Crippen molar-refractivity contribution in [1.82, 2.24) is 0 Å². The van der Waals surface area contributed by atoms with Crippen LogP contribution in [0, 0.1) is 0 Å². The number of ether oxygens (including phenoxy) is 1. The lowest BCUT2D eigenvalue weighted by molar-refractivity contribution is 0.129. The zero-order valence-corrected chi connectivity index (χ0v) is 7.57. The van der Waals surface area contributed by atoms with Crippen LogP contribution in [0.25, 0.3) is 0 Å².